The van der Waals surface area contributed by atoms with Crippen LogP contribution in [0.15, 0.2) is 60.9 Å². The third-order valence-electron chi connectivity index (χ3n) is 5.41. The number of carbonyl (C=O) groups is 1. The number of nitrogens with zero attached hydrogens (tertiary/aromatic N) is 3. The second-order valence-corrected chi connectivity index (χ2v) is 7.38. The molecule has 0 saturated carbocycles. The predicted octanol–water partition coefficient (Wildman–Crippen LogP) is 3.98. The Morgan fingerprint density at radius 1 is 1.03 bits per heavy atom. The topological polar surface area (TPSA) is 45.7 Å². The lowest BCUT2D eigenvalue weighted by molar-refractivity contribution is 0.0759. The highest BCUT2D eigenvalue weighted by Crippen LogP contribution is 2.30. The van der Waals surface area contributed by atoms with E-state index < -0.39 is 0 Å². The molecule has 1 amide bonds. The van der Waals surface area contributed by atoms with Gasteiger partial charge in [-0.1, -0.05) is 36.4 Å². The fourth-order valence-corrected chi connectivity index (χ4v) is 3.99. The van der Waals surface area contributed by atoms with Crippen LogP contribution in [0, 0.1) is 0 Å². The minimum Gasteiger partial charge on any atom is -0.493 e. The van der Waals surface area contributed by atoms with Gasteiger partial charge in [0.25, 0.3) is 5.91 Å². The van der Waals surface area contributed by atoms with Gasteiger partial charge in [0.2, 0.25) is 0 Å². The number of fused-ring (bicyclic) bond motifs is 1. The Hall–Kier alpha value is -2.92. The van der Waals surface area contributed by atoms with E-state index in [4.69, 9.17) is 4.74 Å². The fraction of sp³-hybridized carbons (Fsp3) is 0.333. The number of hydrogen-bond acceptors (Lipinski definition) is 4. The first-order valence-electron chi connectivity index (χ1n) is 10.3. The number of rotatable bonds is 5. The Balaban J connectivity index is 1.54. The Labute approximate surface area is 171 Å². The van der Waals surface area contributed by atoms with Crippen LogP contribution in [-0.4, -0.2) is 53.5 Å². The SMILES string of the molecule is CCOc1ccc2ccccc2c1C(=O)N1CCCN(Cc2cccnc2)CC1. The van der Waals surface area contributed by atoms with Crippen LogP contribution in [0.1, 0.15) is 29.3 Å². The van der Waals surface area contributed by atoms with Gasteiger partial charge in [0.05, 0.1) is 12.2 Å². The van der Waals surface area contributed by atoms with Gasteiger partial charge >= 0.3 is 0 Å². The maximum atomic E-state index is 13.5. The molecule has 150 valence electrons. The number of carbonyl (C=O) groups excluding carboxylic acids is 1. The zero-order valence-electron chi connectivity index (χ0n) is 16.9. The van der Waals surface area contributed by atoms with Gasteiger partial charge in [-0.15, -0.1) is 0 Å². The molecule has 1 aliphatic heterocycles. The van der Waals surface area contributed by atoms with Gasteiger partial charge < -0.3 is 9.64 Å². The van der Waals surface area contributed by atoms with Gasteiger partial charge in [0.1, 0.15) is 5.75 Å². The summed E-state index contributed by atoms with van der Waals surface area (Å²) in [5, 5.41) is 2.02. The van der Waals surface area contributed by atoms with E-state index in [0.717, 1.165) is 43.4 Å². The average Bonchev–Trinajstić information content (AvgIpc) is 3.00. The van der Waals surface area contributed by atoms with Crippen LogP contribution in [0.3, 0.4) is 0 Å². The second-order valence-electron chi connectivity index (χ2n) is 7.38. The van der Waals surface area contributed by atoms with Crippen LogP contribution >= 0.6 is 0 Å². The van der Waals surface area contributed by atoms with E-state index in [2.05, 4.69) is 16.0 Å². The van der Waals surface area contributed by atoms with Gasteiger partial charge in [-0.3, -0.25) is 14.7 Å². The lowest BCUT2D eigenvalue weighted by Crippen LogP contribution is -2.35. The van der Waals surface area contributed by atoms with Gasteiger partial charge in [-0.25, -0.2) is 0 Å². The van der Waals surface area contributed by atoms with Crippen LogP contribution in [0.25, 0.3) is 10.8 Å². The lowest BCUT2D eigenvalue weighted by Gasteiger charge is -2.23. The Morgan fingerprint density at radius 2 is 1.93 bits per heavy atom. The molecule has 0 N–H and O–H groups in total. The van der Waals surface area contributed by atoms with Crippen molar-refractivity contribution in [3.05, 3.63) is 72.1 Å². The highest BCUT2D eigenvalue weighted by atomic mass is 16.5. The Bertz CT molecular complexity index is 974. The highest BCUT2D eigenvalue weighted by Gasteiger charge is 2.24. The molecule has 0 atom stereocenters. The van der Waals surface area contributed by atoms with Crippen molar-refractivity contribution in [3.8, 4) is 5.75 Å². The minimum atomic E-state index is 0.0634. The molecular weight excluding hydrogens is 362 g/mol. The van der Waals surface area contributed by atoms with E-state index in [-0.39, 0.29) is 5.91 Å². The lowest BCUT2D eigenvalue weighted by atomic mass is 10.0. The summed E-state index contributed by atoms with van der Waals surface area (Å²) in [5.74, 6) is 0.737. The summed E-state index contributed by atoms with van der Waals surface area (Å²) in [6.45, 7) is 6.67. The minimum absolute atomic E-state index is 0.0634. The van der Waals surface area contributed by atoms with Crippen molar-refractivity contribution < 1.29 is 9.53 Å². The van der Waals surface area contributed by atoms with E-state index in [0.29, 0.717) is 24.5 Å². The zero-order chi connectivity index (χ0) is 20.1. The third kappa shape index (κ3) is 4.40. The quantitative estimate of drug-likeness (QED) is 0.662. The Morgan fingerprint density at radius 3 is 2.76 bits per heavy atom. The van der Waals surface area contributed by atoms with Gasteiger partial charge in [-0.2, -0.15) is 0 Å². The summed E-state index contributed by atoms with van der Waals surface area (Å²) in [6.07, 6.45) is 4.67. The summed E-state index contributed by atoms with van der Waals surface area (Å²) in [7, 11) is 0. The molecule has 3 aromatic rings. The molecule has 1 aromatic heterocycles. The molecule has 0 bridgehead atoms. The molecular formula is C24H27N3O2. The summed E-state index contributed by atoms with van der Waals surface area (Å²) in [5.41, 5.74) is 1.89. The predicted molar refractivity (Wildman–Crippen MR) is 115 cm³/mol. The molecule has 2 heterocycles. The van der Waals surface area contributed by atoms with Crippen LogP contribution < -0.4 is 4.74 Å². The highest BCUT2D eigenvalue weighted by molar-refractivity contribution is 6.09. The van der Waals surface area contributed by atoms with Crippen molar-refractivity contribution in [2.75, 3.05) is 32.8 Å². The monoisotopic (exact) mass is 389 g/mol. The molecule has 0 unspecified atom stereocenters. The normalized spacial score (nSPS) is 15.3. The maximum Gasteiger partial charge on any atom is 0.258 e. The van der Waals surface area contributed by atoms with Crippen LogP contribution in [0.2, 0.25) is 0 Å². The molecule has 2 aromatic carbocycles. The van der Waals surface area contributed by atoms with E-state index in [1.54, 1.807) is 6.20 Å². The van der Waals surface area contributed by atoms with Crippen molar-refractivity contribution in [2.24, 2.45) is 0 Å². The van der Waals surface area contributed by atoms with Crippen molar-refractivity contribution in [1.29, 1.82) is 0 Å². The number of benzene rings is 2. The molecule has 0 spiro atoms. The summed E-state index contributed by atoms with van der Waals surface area (Å²) in [4.78, 5) is 22.1. The summed E-state index contributed by atoms with van der Waals surface area (Å²) in [6, 6.07) is 16.0. The molecule has 1 fully saturated rings. The van der Waals surface area contributed by atoms with E-state index in [1.165, 1.54) is 5.56 Å². The van der Waals surface area contributed by atoms with Crippen LogP contribution in [0.4, 0.5) is 0 Å². The molecule has 4 rings (SSSR count). The molecule has 29 heavy (non-hydrogen) atoms. The molecule has 0 aliphatic carbocycles. The first kappa shape index (κ1) is 19.4. The second kappa shape index (κ2) is 9.05. The summed E-state index contributed by atoms with van der Waals surface area (Å²) >= 11 is 0. The molecule has 1 saturated heterocycles. The number of aromatic nitrogens is 1. The van der Waals surface area contributed by atoms with E-state index in [9.17, 15) is 4.79 Å². The van der Waals surface area contributed by atoms with Gasteiger partial charge in [0.15, 0.2) is 0 Å². The largest absolute Gasteiger partial charge is 0.493 e. The molecule has 5 nitrogen and oxygen atoms in total. The van der Waals surface area contributed by atoms with Crippen LogP contribution in [-0.2, 0) is 6.54 Å². The van der Waals surface area contributed by atoms with Crippen molar-refractivity contribution in [2.45, 2.75) is 19.9 Å². The van der Waals surface area contributed by atoms with Gasteiger partial charge in [-0.05, 0) is 41.8 Å². The number of ether oxygens (including phenoxy) is 1. The average molecular weight is 389 g/mol. The van der Waals surface area contributed by atoms with E-state index in [1.807, 2.05) is 60.5 Å². The first-order chi connectivity index (χ1) is 14.3. The molecule has 1 aliphatic rings. The third-order valence-corrected chi connectivity index (χ3v) is 5.41. The van der Waals surface area contributed by atoms with Crippen molar-refractivity contribution in [3.63, 3.8) is 0 Å². The molecule has 5 heteroatoms. The smallest absolute Gasteiger partial charge is 0.258 e. The van der Waals surface area contributed by atoms with E-state index >= 15 is 0 Å². The van der Waals surface area contributed by atoms with Crippen molar-refractivity contribution >= 4 is 16.7 Å². The molecule has 0 radical (unpaired) electrons. The Kier molecular flexibility index (Phi) is 6.06. The fourth-order valence-electron chi connectivity index (χ4n) is 3.99. The first-order valence-corrected chi connectivity index (χ1v) is 10.3. The van der Waals surface area contributed by atoms with Crippen molar-refractivity contribution in [1.82, 2.24) is 14.8 Å². The number of hydrogen-bond donors (Lipinski definition) is 0. The number of pyridine rings is 1. The van der Waals surface area contributed by atoms with Crippen LogP contribution in [0.5, 0.6) is 5.75 Å². The standard InChI is InChI=1S/C24H27N3O2/c1-2-29-22-11-10-20-8-3-4-9-21(20)23(22)24(28)27-14-6-13-26(15-16-27)18-19-7-5-12-25-17-19/h3-5,7-12,17H,2,6,13-16,18H2,1H3. The van der Waals surface area contributed by atoms with Gasteiger partial charge in [0, 0.05) is 45.1 Å². The summed E-state index contributed by atoms with van der Waals surface area (Å²) < 4.78 is 5.82. The zero-order valence-corrected chi connectivity index (χ0v) is 16.9. The maximum absolute atomic E-state index is 13.5. The number of amides is 1.